The fourth-order valence-corrected chi connectivity index (χ4v) is 3.19. The number of nitrogen functional groups attached to an aromatic ring is 2. The van der Waals surface area contributed by atoms with Gasteiger partial charge < -0.3 is 48.3 Å². The Kier molecular flexibility index (Phi) is 11.9. The van der Waals surface area contributed by atoms with Gasteiger partial charge in [-0.05, 0) is 30.7 Å². The van der Waals surface area contributed by atoms with E-state index < -0.39 is 54.5 Å². The second-order valence-electron chi connectivity index (χ2n) is 8.71. The molecule has 2 aromatic heterocycles. The van der Waals surface area contributed by atoms with Crippen LogP contribution in [0.2, 0.25) is 0 Å². The Morgan fingerprint density at radius 3 is 2.12 bits per heavy atom. The summed E-state index contributed by atoms with van der Waals surface area (Å²) >= 11 is 0. The first kappa shape index (κ1) is 33.5. The molecule has 3 rings (SSSR count). The highest BCUT2D eigenvalue weighted by Gasteiger charge is 2.23. The molecule has 18 nitrogen and oxygen atoms in total. The third-order valence-corrected chi connectivity index (χ3v) is 5.42. The number of hydrogen-bond donors (Lipinski definition) is 9. The number of anilines is 3. The number of halogens is 1. The maximum Gasteiger partial charge on any atom is 0.338 e. The number of aliphatic carboxylic acids is 4. The molecule has 12 N–H and O–H groups in total. The van der Waals surface area contributed by atoms with E-state index in [1.165, 1.54) is 18.3 Å². The molecule has 0 aliphatic rings. The van der Waals surface area contributed by atoms with Crippen LogP contribution in [0.1, 0.15) is 35.3 Å². The van der Waals surface area contributed by atoms with Crippen LogP contribution in [0.4, 0.5) is 21.8 Å². The number of amides is 1. The second kappa shape index (κ2) is 15.3. The summed E-state index contributed by atoms with van der Waals surface area (Å²) in [6.45, 7) is 0.300. The highest BCUT2D eigenvalue weighted by Crippen LogP contribution is 2.16. The quantitative estimate of drug-likeness (QED) is 0.118. The molecule has 19 heteroatoms. The number of carboxylic acid groups (broad SMARTS) is 4. The number of nitrogens with two attached hydrogens (primary N) is 3. The minimum Gasteiger partial charge on any atom is -0.481 e. The van der Waals surface area contributed by atoms with Gasteiger partial charge in [0.25, 0.3) is 5.91 Å². The van der Waals surface area contributed by atoms with Crippen molar-refractivity contribution in [2.24, 2.45) is 5.73 Å². The number of aromatic nitrogens is 4. The van der Waals surface area contributed by atoms with Crippen molar-refractivity contribution in [3.63, 3.8) is 0 Å². The lowest BCUT2D eigenvalue weighted by Crippen LogP contribution is -2.41. The molecule has 3 aromatic rings. The van der Waals surface area contributed by atoms with Gasteiger partial charge in [0.15, 0.2) is 23.2 Å². The zero-order chi connectivity index (χ0) is 32.3. The van der Waals surface area contributed by atoms with Gasteiger partial charge in [-0.2, -0.15) is 9.97 Å². The molecule has 2 heterocycles. The van der Waals surface area contributed by atoms with E-state index in [-0.39, 0.29) is 35.8 Å². The van der Waals surface area contributed by atoms with Crippen molar-refractivity contribution >= 4 is 58.4 Å². The second-order valence-corrected chi connectivity index (χ2v) is 8.71. The molecular weight excluding hydrogens is 577 g/mol. The minimum atomic E-state index is -2.21. The molecule has 0 radical (unpaired) electrons. The number of carbonyl (C=O) groups excluding carboxylic acids is 1. The molecule has 1 aromatic carbocycles. The molecule has 3 atom stereocenters. The molecule has 3 unspecified atom stereocenters. The highest BCUT2D eigenvalue weighted by molar-refractivity contribution is 5.97. The van der Waals surface area contributed by atoms with Crippen molar-refractivity contribution in [1.29, 1.82) is 0 Å². The van der Waals surface area contributed by atoms with Crippen LogP contribution in [0.25, 0.3) is 11.2 Å². The molecular formula is C24H28FN9O9. The minimum absolute atomic E-state index is 0.0101. The average molecular weight is 606 g/mol. The van der Waals surface area contributed by atoms with Crippen LogP contribution < -0.4 is 27.8 Å². The number of carboxylic acids is 4. The number of nitrogens with one attached hydrogen (secondary N) is 2. The molecule has 0 bridgehead atoms. The number of benzene rings is 1. The summed E-state index contributed by atoms with van der Waals surface area (Å²) in [7, 11) is 0. The normalized spacial score (nSPS) is 12.6. The summed E-state index contributed by atoms with van der Waals surface area (Å²) in [6, 6.07) is 3.53. The van der Waals surface area contributed by atoms with Crippen LogP contribution in [0, 0.1) is 0 Å². The van der Waals surface area contributed by atoms with E-state index in [0.717, 1.165) is 0 Å². The highest BCUT2D eigenvalue weighted by atomic mass is 19.1. The van der Waals surface area contributed by atoms with Crippen LogP contribution in [0.15, 0.2) is 30.5 Å². The lowest BCUT2D eigenvalue weighted by Gasteiger charge is -2.14. The van der Waals surface area contributed by atoms with Crippen molar-refractivity contribution in [3.05, 3.63) is 41.7 Å². The van der Waals surface area contributed by atoms with Crippen molar-refractivity contribution in [3.8, 4) is 0 Å². The number of hydrogen-bond acceptors (Lipinski definition) is 13. The standard InChI is InChI=1S/C19H20N8O5.C5H8FNO4/c20-15-14-16(27-19(21)26-15)23-8-11(24-14)7-22-10-3-1-9(2-4-10)17(30)25-12(18(31)32)5-6-13(28)29;6-2(4(8)9)1-3(7)5(10)11/h1-4,8,12,22H,5-7H2,(H,25,30)(H,28,29)(H,31,32)(H4,20,21,23,26,27);2-3H,1,7H2,(H,8,9)(H,10,11). The van der Waals surface area contributed by atoms with Gasteiger partial charge in [-0.3, -0.25) is 14.4 Å². The number of alkyl halides is 1. The van der Waals surface area contributed by atoms with Gasteiger partial charge in [0, 0.05) is 24.1 Å². The molecule has 230 valence electrons. The predicted octanol–water partition coefficient (Wildman–Crippen LogP) is -0.545. The maximum atomic E-state index is 12.3. The molecule has 1 amide bonds. The van der Waals surface area contributed by atoms with Gasteiger partial charge in [0.1, 0.15) is 12.1 Å². The van der Waals surface area contributed by atoms with E-state index in [1.54, 1.807) is 12.1 Å². The van der Waals surface area contributed by atoms with Crippen LogP contribution in [0.3, 0.4) is 0 Å². The van der Waals surface area contributed by atoms with E-state index in [2.05, 4.69) is 30.6 Å². The monoisotopic (exact) mass is 605 g/mol. The summed E-state index contributed by atoms with van der Waals surface area (Å²) in [5.74, 6) is -6.03. The van der Waals surface area contributed by atoms with E-state index in [0.29, 0.717) is 23.4 Å². The van der Waals surface area contributed by atoms with Crippen LogP contribution in [-0.2, 0) is 25.7 Å². The predicted molar refractivity (Wildman–Crippen MR) is 146 cm³/mol. The maximum absolute atomic E-state index is 12.3. The number of fused-ring (bicyclic) bond motifs is 1. The SMILES string of the molecule is NC(CC(F)C(=O)O)C(=O)O.Nc1nc(N)c2nc(CNc3ccc(C(=O)NC(CCC(=O)O)C(=O)O)cc3)cnc2n1. The van der Waals surface area contributed by atoms with E-state index >= 15 is 0 Å². The summed E-state index contributed by atoms with van der Waals surface area (Å²) in [5.41, 5.74) is 18.3. The zero-order valence-corrected chi connectivity index (χ0v) is 22.2. The van der Waals surface area contributed by atoms with Crippen LogP contribution in [0.5, 0.6) is 0 Å². The van der Waals surface area contributed by atoms with Crippen LogP contribution in [-0.4, -0.2) is 88.4 Å². The molecule has 0 aliphatic carbocycles. The topological polar surface area (TPSA) is 320 Å². The van der Waals surface area contributed by atoms with Gasteiger partial charge in [-0.15, -0.1) is 0 Å². The number of nitrogens with zero attached hydrogens (tertiary/aromatic N) is 4. The zero-order valence-electron chi connectivity index (χ0n) is 22.2. The molecule has 0 saturated carbocycles. The molecule has 0 spiro atoms. The molecule has 0 fully saturated rings. The van der Waals surface area contributed by atoms with Crippen LogP contribution >= 0.6 is 0 Å². The van der Waals surface area contributed by atoms with Gasteiger partial charge in [0.2, 0.25) is 5.95 Å². The first-order valence-electron chi connectivity index (χ1n) is 12.2. The summed E-state index contributed by atoms with van der Waals surface area (Å²) in [5, 5.41) is 39.4. The van der Waals surface area contributed by atoms with Crippen molar-refractivity contribution in [2.45, 2.75) is 44.1 Å². The average Bonchev–Trinajstić information content (AvgIpc) is 2.94. The Bertz CT molecular complexity index is 1470. The Hall–Kier alpha value is -5.72. The Labute approximate surface area is 241 Å². The lowest BCUT2D eigenvalue weighted by atomic mass is 10.1. The van der Waals surface area contributed by atoms with Gasteiger partial charge in [-0.1, -0.05) is 0 Å². The van der Waals surface area contributed by atoms with E-state index in [4.69, 9.17) is 37.6 Å². The van der Waals surface area contributed by atoms with Crippen molar-refractivity contribution < 1.29 is 48.8 Å². The third-order valence-electron chi connectivity index (χ3n) is 5.42. The van der Waals surface area contributed by atoms with Crippen molar-refractivity contribution in [2.75, 3.05) is 16.8 Å². The largest absolute Gasteiger partial charge is 0.481 e. The first-order valence-corrected chi connectivity index (χ1v) is 12.2. The summed E-state index contributed by atoms with van der Waals surface area (Å²) in [6.07, 6.45) is -1.98. The molecule has 43 heavy (non-hydrogen) atoms. The summed E-state index contributed by atoms with van der Waals surface area (Å²) < 4.78 is 12.2. The van der Waals surface area contributed by atoms with Gasteiger partial charge >= 0.3 is 23.9 Å². The first-order chi connectivity index (χ1) is 20.2. The third kappa shape index (κ3) is 10.6. The number of rotatable bonds is 13. The Morgan fingerprint density at radius 1 is 0.907 bits per heavy atom. The Morgan fingerprint density at radius 2 is 1.56 bits per heavy atom. The molecule has 0 aliphatic heterocycles. The Balaban J connectivity index is 0.000000499. The molecule has 0 saturated heterocycles. The summed E-state index contributed by atoms with van der Waals surface area (Å²) in [4.78, 5) is 70.3. The fraction of sp³-hybridized carbons (Fsp3) is 0.292. The van der Waals surface area contributed by atoms with Gasteiger partial charge in [-0.25, -0.2) is 23.9 Å². The lowest BCUT2D eigenvalue weighted by molar-refractivity contribution is -0.145. The number of carbonyl (C=O) groups is 5. The van der Waals surface area contributed by atoms with E-state index in [9.17, 15) is 28.4 Å². The van der Waals surface area contributed by atoms with Gasteiger partial charge in [0.05, 0.1) is 18.4 Å². The smallest absolute Gasteiger partial charge is 0.338 e. The van der Waals surface area contributed by atoms with Crippen molar-refractivity contribution in [1.82, 2.24) is 25.3 Å². The van der Waals surface area contributed by atoms with E-state index in [1.807, 2.05) is 0 Å². The fourth-order valence-electron chi connectivity index (χ4n) is 3.19.